The number of aromatic amines is 1. The highest BCUT2D eigenvalue weighted by Crippen LogP contribution is 2.36. The second-order valence-corrected chi connectivity index (χ2v) is 8.64. The Morgan fingerprint density at radius 2 is 1.86 bits per heavy atom. The average molecular weight is 404 g/mol. The summed E-state index contributed by atoms with van der Waals surface area (Å²) < 4.78 is 7.23. The minimum Gasteiger partial charge on any atom is -0.473 e. The van der Waals surface area contributed by atoms with E-state index < -0.39 is 0 Å². The summed E-state index contributed by atoms with van der Waals surface area (Å²) in [6.07, 6.45) is 8.55. The van der Waals surface area contributed by atoms with E-state index in [1.165, 1.54) is 12.8 Å². The van der Waals surface area contributed by atoms with Crippen LogP contribution >= 0.6 is 11.3 Å². The van der Waals surface area contributed by atoms with Gasteiger partial charge in [0, 0.05) is 41.0 Å². The smallest absolute Gasteiger partial charge is 0.233 e. The molecular formula is C21H20N6OS. The molecule has 0 saturated carbocycles. The van der Waals surface area contributed by atoms with Crippen molar-refractivity contribution in [1.82, 2.24) is 30.7 Å². The largest absolute Gasteiger partial charge is 0.473 e. The Kier molecular flexibility index (Phi) is 4.05. The number of H-pyrrole nitrogens is 1. The van der Waals surface area contributed by atoms with Gasteiger partial charge >= 0.3 is 0 Å². The number of nitrogens with zero attached hydrogens (tertiary/aromatic N) is 4. The molecule has 29 heavy (non-hydrogen) atoms. The van der Waals surface area contributed by atoms with E-state index >= 15 is 0 Å². The molecule has 7 nitrogen and oxygen atoms in total. The second kappa shape index (κ2) is 6.89. The lowest BCUT2D eigenvalue weighted by Crippen LogP contribution is -2.42. The fourth-order valence-corrected chi connectivity index (χ4v) is 5.42. The van der Waals surface area contributed by atoms with Crippen LogP contribution in [0, 0.1) is 0 Å². The lowest BCUT2D eigenvalue weighted by Gasteiger charge is -2.28. The zero-order valence-corrected chi connectivity index (χ0v) is 16.5. The van der Waals surface area contributed by atoms with Crippen LogP contribution in [0.15, 0.2) is 42.2 Å². The molecule has 2 saturated heterocycles. The number of piperidine rings is 1. The van der Waals surface area contributed by atoms with Gasteiger partial charge in [-0.1, -0.05) is 12.1 Å². The second-order valence-electron chi connectivity index (χ2n) is 7.78. The molecule has 0 spiro atoms. The highest BCUT2D eigenvalue weighted by Gasteiger charge is 2.34. The molecule has 0 aliphatic carbocycles. The average Bonchev–Trinajstić information content (AvgIpc) is 3.49. The summed E-state index contributed by atoms with van der Waals surface area (Å²) in [6.45, 7) is 0. The Balaban J connectivity index is 1.27. The van der Waals surface area contributed by atoms with Gasteiger partial charge in [-0.25, -0.2) is 4.98 Å². The number of benzene rings is 1. The molecule has 2 fully saturated rings. The molecule has 1 aromatic carbocycles. The number of fused-ring (bicyclic) bond motifs is 3. The maximum atomic E-state index is 6.13. The van der Waals surface area contributed by atoms with E-state index in [-0.39, 0.29) is 6.10 Å². The molecule has 2 aliphatic heterocycles. The van der Waals surface area contributed by atoms with Gasteiger partial charge in [0.2, 0.25) is 5.88 Å². The lowest BCUT2D eigenvalue weighted by atomic mass is 10.0. The van der Waals surface area contributed by atoms with Gasteiger partial charge in [-0.15, -0.1) is 21.5 Å². The van der Waals surface area contributed by atoms with Crippen molar-refractivity contribution < 1.29 is 4.74 Å². The van der Waals surface area contributed by atoms with Crippen molar-refractivity contribution in [3.05, 3.63) is 42.2 Å². The van der Waals surface area contributed by atoms with Crippen LogP contribution in [-0.4, -0.2) is 43.6 Å². The summed E-state index contributed by atoms with van der Waals surface area (Å²) in [5.41, 5.74) is 6.78. The minimum absolute atomic E-state index is 0.233. The van der Waals surface area contributed by atoms with E-state index in [1.54, 1.807) is 11.3 Å². The van der Waals surface area contributed by atoms with E-state index in [1.807, 2.05) is 30.0 Å². The van der Waals surface area contributed by atoms with Crippen LogP contribution in [-0.2, 0) is 0 Å². The number of thiazole rings is 1. The molecule has 3 atom stereocenters. The third kappa shape index (κ3) is 3.08. The van der Waals surface area contributed by atoms with Gasteiger partial charge in [0.05, 0.1) is 27.6 Å². The van der Waals surface area contributed by atoms with Crippen molar-refractivity contribution in [1.29, 1.82) is 0 Å². The molecule has 2 aliphatic rings. The first-order valence-electron chi connectivity index (χ1n) is 9.95. The molecule has 0 amide bonds. The predicted molar refractivity (Wildman–Crippen MR) is 112 cm³/mol. The molecule has 0 radical (unpaired) electrons. The molecule has 146 valence electrons. The van der Waals surface area contributed by atoms with Crippen LogP contribution in [0.2, 0.25) is 0 Å². The van der Waals surface area contributed by atoms with Gasteiger partial charge < -0.3 is 10.1 Å². The first kappa shape index (κ1) is 17.1. The van der Waals surface area contributed by atoms with Crippen molar-refractivity contribution >= 4 is 21.6 Å². The Bertz CT molecular complexity index is 1130. The van der Waals surface area contributed by atoms with Gasteiger partial charge in [-0.3, -0.25) is 5.10 Å². The zero-order chi connectivity index (χ0) is 19.2. The van der Waals surface area contributed by atoms with E-state index in [0.717, 1.165) is 45.4 Å². The summed E-state index contributed by atoms with van der Waals surface area (Å²) in [7, 11) is 0. The van der Waals surface area contributed by atoms with Gasteiger partial charge in [-0.05, 0) is 31.7 Å². The van der Waals surface area contributed by atoms with Crippen LogP contribution in [0.5, 0.6) is 5.88 Å². The molecule has 5 heterocycles. The van der Waals surface area contributed by atoms with E-state index in [9.17, 15) is 0 Å². The normalized spacial score (nSPS) is 23.5. The van der Waals surface area contributed by atoms with Gasteiger partial charge in [0.25, 0.3) is 0 Å². The fourth-order valence-electron chi connectivity index (χ4n) is 4.58. The Labute approximate surface area is 171 Å². The van der Waals surface area contributed by atoms with Crippen molar-refractivity contribution in [2.45, 2.75) is 43.9 Å². The molecule has 8 heteroatoms. The van der Waals surface area contributed by atoms with Crippen molar-refractivity contribution in [3.8, 4) is 28.3 Å². The molecule has 4 aromatic rings. The topological polar surface area (TPSA) is 88.6 Å². The van der Waals surface area contributed by atoms with E-state index in [0.29, 0.717) is 18.0 Å². The Hall–Kier alpha value is -2.84. The van der Waals surface area contributed by atoms with Crippen LogP contribution in [0.1, 0.15) is 25.7 Å². The summed E-state index contributed by atoms with van der Waals surface area (Å²) in [5.74, 6) is 0.607. The number of aromatic nitrogens is 5. The summed E-state index contributed by atoms with van der Waals surface area (Å²) in [6, 6.07) is 9.27. The monoisotopic (exact) mass is 404 g/mol. The Morgan fingerprint density at radius 1 is 1.00 bits per heavy atom. The summed E-state index contributed by atoms with van der Waals surface area (Å²) in [4.78, 5) is 4.57. The zero-order valence-electron chi connectivity index (χ0n) is 15.7. The predicted octanol–water partition coefficient (Wildman–Crippen LogP) is 3.81. The standard InChI is InChI=1S/C21H20N6OS/c1-2-14-8-15(7-13(1)25-14)28-19-6-5-18(26-27-19)17-4-3-16(12-9-23-24-10-12)20-21(17)29-11-22-20/h3-6,9-11,13-15,25H,1-2,7-8H2,(H,23,24)/t13-,14+,15-. The lowest BCUT2D eigenvalue weighted by molar-refractivity contribution is 0.130. The highest BCUT2D eigenvalue weighted by atomic mass is 32.1. The molecular weight excluding hydrogens is 384 g/mol. The van der Waals surface area contributed by atoms with Gasteiger partial charge in [0.1, 0.15) is 6.10 Å². The van der Waals surface area contributed by atoms with Gasteiger partial charge in [-0.2, -0.15) is 5.10 Å². The number of nitrogens with one attached hydrogen (secondary N) is 2. The van der Waals surface area contributed by atoms with Crippen molar-refractivity contribution in [3.63, 3.8) is 0 Å². The Morgan fingerprint density at radius 3 is 2.62 bits per heavy atom. The summed E-state index contributed by atoms with van der Waals surface area (Å²) >= 11 is 1.61. The van der Waals surface area contributed by atoms with Crippen molar-refractivity contribution in [2.24, 2.45) is 0 Å². The SMILES string of the molecule is c1nc2c(-c3cn[nH]c3)ccc(-c3ccc(O[C@@H]4C[C@H]5CC[C@@H](C4)N5)nn3)c2s1. The molecule has 2 bridgehead atoms. The fraction of sp³-hybridized carbons (Fsp3) is 0.333. The van der Waals surface area contributed by atoms with Crippen molar-refractivity contribution in [2.75, 3.05) is 0 Å². The minimum atomic E-state index is 0.233. The maximum Gasteiger partial charge on any atom is 0.233 e. The number of hydrogen-bond donors (Lipinski definition) is 2. The van der Waals surface area contributed by atoms with Crippen LogP contribution in [0.25, 0.3) is 32.6 Å². The highest BCUT2D eigenvalue weighted by molar-refractivity contribution is 7.17. The third-order valence-corrected chi connectivity index (χ3v) is 6.79. The first-order valence-corrected chi connectivity index (χ1v) is 10.8. The molecule has 6 rings (SSSR count). The van der Waals surface area contributed by atoms with Gasteiger partial charge in [0.15, 0.2) is 0 Å². The van der Waals surface area contributed by atoms with E-state index in [4.69, 9.17) is 4.74 Å². The molecule has 0 unspecified atom stereocenters. The number of hydrogen-bond acceptors (Lipinski definition) is 7. The van der Waals surface area contributed by atoms with Crippen LogP contribution in [0.3, 0.4) is 0 Å². The van der Waals surface area contributed by atoms with E-state index in [2.05, 4.69) is 42.8 Å². The first-order chi connectivity index (χ1) is 14.3. The molecule has 3 aromatic heterocycles. The van der Waals surface area contributed by atoms with Crippen LogP contribution < -0.4 is 10.1 Å². The summed E-state index contributed by atoms with van der Waals surface area (Å²) in [5, 5.41) is 19.4. The number of rotatable bonds is 4. The maximum absolute atomic E-state index is 6.13. The third-order valence-electron chi connectivity index (χ3n) is 5.93. The molecule has 2 N–H and O–H groups in total. The number of ether oxygens (including phenoxy) is 1. The van der Waals surface area contributed by atoms with Crippen LogP contribution in [0.4, 0.5) is 0 Å². The quantitative estimate of drug-likeness (QED) is 0.538.